The zero-order chi connectivity index (χ0) is 50.5. The maximum atomic E-state index is 12.8. The topological polar surface area (TPSA) is 94.1 Å². The first-order valence-corrected chi connectivity index (χ1v) is 30.1. The first-order valence-electron chi connectivity index (χ1n) is 28.7. The first-order chi connectivity index (χ1) is 33.6. The number of carbonyl (C=O) groups excluding carboxylic acids is 1. The summed E-state index contributed by atoms with van der Waals surface area (Å²) in [5, 5.41) is 0. The van der Waals surface area contributed by atoms with Crippen molar-refractivity contribution in [3.8, 4) is 0 Å². The van der Waals surface area contributed by atoms with Crippen LogP contribution in [0.3, 0.4) is 0 Å². The molecule has 0 N–H and O–H groups in total. The highest BCUT2D eigenvalue weighted by molar-refractivity contribution is 7.45. The summed E-state index contributed by atoms with van der Waals surface area (Å²) in [6.07, 6.45) is 69.4. The standard InChI is InChI=1S/C60H110NO7P/c1-6-8-10-12-14-16-18-20-22-24-26-28-30-32-34-36-38-40-42-44-46-48-50-52-55-65-57-59(58-67-69(63,64)66-56-54-61(3,4)5)68-60(62)53-51-49-47-45-43-41-39-37-35-33-31-29-27-25-23-21-19-17-15-13-11-9-7-2/h8,10,14,16,20,22,25-28,32,34,59H,6-7,9,11-13,15,17-19,21,23-24,29-31,33,35-58H2,1-5H3/b10-8-,16-14-,22-20-,27-25-,28-26-,34-32-. The highest BCUT2D eigenvalue weighted by atomic mass is 31.2. The Kier molecular flexibility index (Phi) is 50.7. The molecule has 0 aromatic carbocycles. The number of carbonyl (C=O) groups is 1. The monoisotopic (exact) mass is 988 g/mol. The van der Waals surface area contributed by atoms with Gasteiger partial charge in [-0.15, -0.1) is 0 Å². The van der Waals surface area contributed by atoms with Crippen LogP contribution < -0.4 is 4.89 Å². The lowest BCUT2D eigenvalue weighted by Gasteiger charge is -2.28. The summed E-state index contributed by atoms with van der Waals surface area (Å²) in [7, 11) is 1.35. The van der Waals surface area contributed by atoms with Gasteiger partial charge in [0.1, 0.15) is 19.3 Å². The third-order valence-corrected chi connectivity index (χ3v) is 13.2. The molecule has 0 heterocycles. The molecule has 0 bridgehead atoms. The molecule has 69 heavy (non-hydrogen) atoms. The Morgan fingerprint density at radius 1 is 0.464 bits per heavy atom. The molecule has 0 aliphatic heterocycles. The summed E-state index contributed by atoms with van der Waals surface area (Å²) in [5.74, 6) is -0.337. The second kappa shape index (κ2) is 52.3. The third kappa shape index (κ3) is 56.7. The number of unbranched alkanes of at least 4 members (excludes halogenated alkanes) is 27. The molecule has 0 rings (SSSR count). The Morgan fingerprint density at radius 3 is 1.28 bits per heavy atom. The molecule has 2 atom stereocenters. The van der Waals surface area contributed by atoms with Gasteiger partial charge in [0.2, 0.25) is 0 Å². The van der Waals surface area contributed by atoms with E-state index in [2.05, 4.69) is 86.8 Å². The molecule has 402 valence electrons. The van der Waals surface area contributed by atoms with Gasteiger partial charge in [0.05, 0.1) is 34.4 Å². The number of likely N-dealkylation sites (N-methyl/N-ethyl adjacent to an activating group) is 1. The minimum atomic E-state index is -4.54. The summed E-state index contributed by atoms with van der Waals surface area (Å²) in [6.45, 7) is 5.30. The van der Waals surface area contributed by atoms with Gasteiger partial charge in [0, 0.05) is 13.0 Å². The van der Waals surface area contributed by atoms with Crippen LogP contribution in [0.25, 0.3) is 0 Å². The molecule has 0 saturated heterocycles. The number of phosphoric ester groups is 1. The fourth-order valence-electron chi connectivity index (χ4n) is 7.86. The molecular formula is C60H110NO7P. The molecule has 9 heteroatoms. The van der Waals surface area contributed by atoms with Crippen LogP contribution >= 0.6 is 7.82 Å². The molecule has 8 nitrogen and oxygen atoms in total. The van der Waals surface area contributed by atoms with Gasteiger partial charge in [0.25, 0.3) is 7.82 Å². The number of ether oxygens (including phenoxy) is 2. The van der Waals surface area contributed by atoms with Gasteiger partial charge in [-0.05, 0) is 83.5 Å². The molecule has 0 saturated carbocycles. The van der Waals surface area contributed by atoms with E-state index < -0.39 is 13.9 Å². The van der Waals surface area contributed by atoms with Gasteiger partial charge < -0.3 is 27.9 Å². The molecule has 0 amide bonds. The Labute approximate surface area is 427 Å². The molecule has 2 unspecified atom stereocenters. The van der Waals surface area contributed by atoms with E-state index in [4.69, 9.17) is 18.5 Å². The van der Waals surface area contributed by atoms with Crippen molar-refractivity contribution < 1.29 is 37.3 Å². The van der Waals surface area contributed by atoms with E-state index in [-0.39, 0.29) is 25.8 Å². The summed E-state index contributed by atoms with van der Waals surface area (Å²) in [6, 6.07) is 0. The Balaban J connectivity index is 4.11. The van der Waals surface area contributed by atoms with Crippen LogP contribution in [0, 0.1) is 0 Å². The van der Waals surface area contributed by atoms with Crippen LogP contribution in [0.2, 0.25) is 0 Å². The number of hydrogen-bond acceptors (Lipinski definition) is 7. The lowest BCUT2D eigenvalue weighted by molar-refractivity contribution is -0.870. The van der Waals surface area contributed by atoms with Crippen molar-refractivity contribution in [1.29, 1.82) is 0 Å². The fourth-order valence-corrected chi connectivity index (χ4v) is 8.59. The average Bonchev–Trinajstić information content (AvgIpc) is 3.31. The van der Waals surface area contributed by atoms with Crippen LogP contribution in [0.1, 0.15) is 245 Å². The van der Waals surface area contributed by atoms with Crippen molar-refractivity contribution in [2.45, 2.75) is 251 Å². The van der Waals surface area contributed by atoms with Crippen LogP contribution in [-0.2, 0) is 27.9 Å². The molecule has 0 aliphatic carbocycles. The maximum absolute atomic E-state index is 12.8. The van der Waals surface area contributed by atoms with Crippen LogP contribution in [0.4, 0.5) is 0 Å². The normalized spacial score (nSPS) is 14.0. The minimum Gasteiger partial charge on any atom is -0.756 e. The van der Waals surface area contributed by atoms with E-state index in [0.29, 0.717) is 24.1 Å². The van der Waals surface area contributed by atoms with E-state index in [0.717, 1.165) is 70.6 Å². The average molecular weight is 989 g/mol. The number of rotatable bonds is 53. The number of quaternary nitrogens is 1. The highest BCUT2D eigenvalue weighted by Gasteiger charge is 2.20. The third-order valence-electron chi connectivity index (χ3n) is 12.2. The molecule has 0 aromatic rings. The zero-order valence-corrected chi connectivity index (χ0v) is 46.6. The van der Waals surface area contributed by atoms with Crippen molar-refractivity contribution in [1.82, 2.24) is 0 Å². The van der Waals surface area contributed by atoms with E-state index >= 15 is 0 Å². The van der Waals surface area contributed by atoms with Gasteiger partial charge in [-0.2, -0.15) is 0 Å². The number of allylic oxidation sites excluding steroid dienone is 12. The van der Waals surface area contributed by atoms with Gasteiger partial charge in [-0.25, -0.2) is 0 Å². The lowest BCUT2D eigenvalue weighted by Crippen LogP contribution is -2.37. The highest BCUT2D eigenvalue weighted by Crippen LogP contribution is 2.38. The quantitative estimate of drug-likeness (QED) is 0.0197. The van der Waals surface area contributed by atoms with E-state index in [9.17, 15) is 14.3 Å². The van der Waals surface area contributed by atoms with Crippen molar-refractivity contribution in [3.05, 3.63) is 72.9 Å². The minimum absolute atomic E-state index is 0.0217. The molecule has 0 fully saturated rings. The summed E-state index contributed by atoms with van der Waals surface area (Å²) in [4.78, 5) is 25.3. The van der Waals surface area contributed by atoms with Gasteiger partial charge in [0.15, 0.2) is 0 Å². The summed E-state index contributed by atoms with van der Waals surface area (Å²) >= 11 is 0. The second-order valence-corrected chi connectivity index (χ2v) is 21.7. The molecule has 0 aliphatic rings. The van der Waals surface area contributed by atoms with Gasteiger partial charge >= 0.3 is 5.97 Å². The van der Waals surface area contributed by atoms with Crippen molar-refractivity contribution in [2.24, 2.45) is 0 Å². The second-order valence-electron chi connectivity index (χ2n) is 20.3. The smallest absolute Gasteiger partial charge is 0.306 e. The fraction of sp³-hybridized carbons (Fsp3) is 0.783. The van der Waals surface area contributed by atoms with E-state index in [1.807, 2.05) is 21.1 Å². The summed E-state index contributed by atoms with van der Waals surface area (Å²) < 4.78 is 34.8. The van der Waals surface area contributed by atoms with E-state index in [1.165, 1.54) is 154 Å². The number of hydrogen-bond donors (Lipinski definition) is 0. The predicted octanol–water partition coefficient (Wildman–Crippen LogP) is 17.5. The van der Waals surface area contributed by atoms with Crippen LogP contribution in [0.15, 0.2) is 72.9 Å². The van der Waals surface area contributed by atoms with Crippen molar-refractivity contribution in [3.63, 3.8) is 0 Å². The number of phosphoric acid groups is 1. The molecule has 0 spiro atoms. The first kappa shape index (κ1) is 66.9. The van der Waals surface area contributed by atoms with Gasteiger partial charge in [-0.1, -0.05) is 228 Å². The van der Waals surface area contributed by atoms with Crippen LogP contribution in [-0.4, -0.2) is 70.7 Å². The van der Waals surface area contributed by atoms with E-state index in [1.54, 1.807) is 0 Å². The maximum Gasteiger partial charge on any atom is 0.306 e. The SMILES string of the molecule is CC/C=C\C/C=C\C/C=C\C/C=C\C/C=C\CCCCCCCCCCOCC(COP(=O)([O-])OCC[N+](C)(C)C)OC(=O)CCCCCCCCCCCCC/C=C\CCCCCCCCCC. The van der Waals surface area contributed by atoms with Crippen molar-refractivity contribution in [2.75, 3.05) is 54.1 Å². The molecular weight excluding hydrogens is 878 g/mol. The molecule has 0 radical (unpaired) electrons. The Bertz CT molecular complexity index is 1330. The Hall–Kier alpha value is -2.06. The number of esters is 1. The lowest BCUT2D eigenvalue weighted by atomic mass is 10.0. The predicted molar refractivity (Wildman–Crippen MR) is 296 cm³/mol. The number of nitrogens with zero attached hydrogens (tertiary/aromatic N) is 1. The van der Waals surface area contributed by atoms with Crippen molar-refractivity contribution >= 4 is 13.8 Å². The zero-order valence-electron chi connectivity index (χ0n) is 45.7. The molecule has 0 aromatic heterocycles. The van der Waals surface area contributed by atoms with Gasteiger partial charge in [-0.3, -0.25) is 9.36 Å². The summed E-state index contributed by atoms with van der Waals surface area (Å²) in [5.41, 5.74) is 0. The Morgan fingerprint density at radius 2 is 0.841 bits per heavy atom. The largest absolute Gasteiger partial charge is 0.756 e. The van der Waals surface area contributed by atoms with Crippen LogP contribution in [0.5, 0.6) is 0 Å².